The first-order chi connectivity index (χ1) is 9.10. The van der Waals surface area contributed by atoms with E-state index in [1.807, 2.05) is 0 Å². The molecule has 0 aliphatic carbocycles. The largest absolute Gasteiger partial charge is 0.409 e. The maximum Gasteiger partial charge on any atom is 0.173 e. The van der Waals surface area contributed by atoms with Crippen molar-refractivity contribution in [2.24, 2.45) is 10.9 Å². The van der Waals surface area contributed by atoms with E-state index in [2.05, 4.69) is 24.3 Å². The maximum atomic E-state index is 14.1. The van der Waals surface area contributed by atoms with E-state index >= 15 is 0 Å². The van der Waals surface area contributed by atoms with E-state index in [9.17, 15) is 4.39 Å². The van der Waals surface area contributed by atoms with Crippen LogP contribution in [0.5, 0.6) is 0 Å². The highest BCUT2D eigenvalue weighted by Gasteiger charge is 2.11. The number of hydrogen-bond donors (Lipinski definition) is 3. The zero-order chi connectivity index (χ0) is 14.3. The average molecular weight is 267 g/mol. The van der Waals surface area contributed by atoms with Gasteiger partial charge in [0.1, 0.15) is 5.82 Å². The van der Waals surface area contributed by atoms with E-state index in [0.29, 0.717) is 18.2 Å². The molecule has 0 aliphatic heterocycles. The van der Waals surface area contributed by atoms with Crippen molar-refractivity contribution in [1.29, 1.82) is 0 Å². The fraction of sp³-hybridized carbons (Fsp3) is 0.500. The number of halogens is 1. The highest BCUT2D eigenvalue weighted by atomic mass is 19.1. The lowest BCUT2D eigenvalue weighted by Crippen LogP contribution is -2.26. The Labute approximate surface area is 113 Å². The van der Waals surface area contributed by atoms with Crippen LogP contribution < -0.4 is 11.1 Å². The number of unbranched alkanes of at least 4 members (excludes halogenated alkanes) is 1. The molecule has 0 fully saturated rings. The third-order valence-electron chi connectivity index (χ3n) is 3.09. The molecule has 0 saturated heterocycles. The molecular formula is C14H22FN3O. The molecule has 0 radical (unpaired) electrons. The standard InChI is InChI=1S/C14H22FN3O/c1-3-4-6-10(2)17-9-11-7-5-8-12(13(11)15)14(16)18-19/h5,7-8,10,17,19H,3-4,6,9H2,1-2H3,(H2,16,18). The predicted molar refractivity (Wildman–Crippen MR) is 74.7 cm³/mol. The van der Waals surface area contributed by atoms with Gasteiger partial charge in [-0.05, 0) is 19.4 Å². The molecule has 0 spiro atoms. The molecule has 5 heteroatoms. The molecule has 1 aromatic rings. The van der Waals surface area contributed by atoms with Crippen LogP contribution in [0.3, 0.4) is 0 Å². The monoisotopic (exact) mass is 267 g/mol. The van der Waals surface area contributed by atoms with Crippen molar-refractivity contribution in [3.8, 4) is 0 Å². The quantitative estimate of drug-likeness (QED) is 0.308. The molecule has 1 unspecified atom stereocenters. The van der Waals surface area contributed by atoms with Crippen molar-refractivity contribution in [3.05, 3.63) is 35.1 Å². The van der Waals surface area contributed by atoms with Crippen LogP contribution in [0.25, 0.3) is 0 Å². The van der Waals surface area contributed by atoms with Crippen LogP contribution in [0, 0.1) is 5.82 Å². The molecule has 0 aromatic heterocycles. The van der Waals surface area contributed by atoms with Gasteiger partial charge in [-0.25, -0.2) is 4.39 Å². The van der Waals surface area contributed by atoms with Gasteiger partial charge in [0.15, 0.2) is 5.84 Å². The summed E-state index contributed by atoms with van der Waals surface area (Å²) < 4.78 is 14.1. The molecule has 19 heavy (non-hydrogen) atoms. The zero-order valence-corrected chi connectivity index (χ0v) is 11.5. The number of rotatable bonds is 7. The lowest BCUT2D eigenvalue weighted by Gasteiger charge is -2.14. The average Bonchev–Trinajstić information content (AvgIpc) is 2.43. The van der Waals surface area contributed by atoms with Crippen LogP contribution in [0.4, 0.5) is 4.39 Å². The molecule has 0 aliphatic rings. The lowest BCUT2D eigenvalue weighted by molar-refractivity contribution is 0.318. The summed E-state index contributed by atoms with van der Waals surface area (Å²) in [7, 11) is 0. The number of nitrogens with one attached hydrogen (secondary N) is 1. The van der Waals surface area contributed by atoms with Gasteiger partial charge in [-0.3, -0.25) is 0 Å². The Bertz CT molecular complexity index is 435. The Morgan fingerprint density at radius 3 is 2.89 bits per heavy atom. The lowest BCUT2D eigenvalue weighted by atomic mass is 10.1. The highest BCUT2D eigenvalue weighted by Crippen LogP contribution is 2.13. The van der Waals surface area contributed by atoms with Gasteiger partial charge < -0.3 is 16.3 Å². The van der Waals surface area contributed by atoms with Crippen molar-refractivity contribution in [2.45, 2.75) is 45.7 Å². The summed E-state index contributed by atoms with van der Waals surface area (Å²) in [6, 6.07) is 5.23. The normalized spacial score (nSPS) is 13.5. The van der Waals surface area contributed by atoms with E-state index in [4.69, 9.17) is 10.9 Å². The van der Waals surface area contributed by atoms with E-state index < -0.39 is 5.82 Å². The molecule has 0 bridgehead atoms. The zero-order valence-electron chi connectivity index (χ0n) is 11.5. The molecule has 4 nitrogen and oxygen atoms in total. The molecule has 1 atom stereocenters. The summed E-state index contributed by atoms with van der Waals surface area (Å²) in [5, 5.41) is 14.7. The molecule has 1 rings (SSSR count). The van der Waals surface area contributed by atoms with Crippen molar-refractivity contribution >= 4 is 5.84 Å². The van der Waals surface area contributed by atoms with Gasteiger partial charge in [0.25, 0.3) is 0 Å². The highest BCUT2D eigenvalue weighted by molar-refractivity contribution is 5.97. The maximum absolute atomic E-state index is 14.1. The van der Waals surface area contributed by atoms with Gasteiger partial charge in [-0.1, -0.05) is 37.1 Å². The molecular weight excluding hydrogens is 245 g/mol. The minimum absolute atomic E-state index is 0.128. The van der Waals surface area contributed by atoms with Gasteiger partial charge in [-0.15, -0.1) is 0 Å². The summed E-state index contributed by atoms with van der Waals surface area (Å²) in [4.78, 5) is 0. The Kier molecular flexibility index (Phi) is 6.29. The van der Waals surface area contributed by atoms with Gasteiger partial charge in [0, 0.05) is 18.2 Å². The minimum Gasteiger partial charge on any atom is -0.409 e. The summed E-state index contributed by atoms with van der Waals surface area (Å²) in [6.45, 7) is 4.66. The van der Waals surface area contributed by atoms with Gasteiger partial charge in [-0.2, -0.15) is 0 Å². The number of nitrogens with zero attached hydrogens (tertiary/aromatic N) is 1. The van der Waals surface area contributed by atoms with Crippen LogP contribution in [0.2, 0.25) is 0 Å². The Hall–Kier alpha value is -1.62. The summed E-state index contributed by atoms with van der Waals surface area (Å²) in [6.07, 6.45) is 3.37. The third kappa shape index (κ3) is 4.52. The first-order valence-electron chi connectivity index (χ1n) is 6.58. The fourth-order valence-corrected chi connectivity index (χ4v) is 1.86. The Morgan fingerprint density at radius 2 is 2.26 bits per heavy atom. The van der Waals surface area contributed by atoms with Crippen LogP contribution in [0.1, 0.15) is 44.2 Å². The predicted octanol–water partition coefficient (Wildman–Crippen LogP) is 2.59. The molecule has 1 aromatic carbocycles. The number of nitrogens with two attached hydrogens (primary N) is 1. The van der Waals surface area contributed by atoms with Crippen molar-refractivity contribution in [1.82, 2.24) is 5.32 Å². The smallest absolute Gasteiger partial charge is 0.173 e. The first kappa shape index (κ1) is 15.4. The van der Waals surface area contributed by atoms with E-state index in [0.717, 1.165) is 19.3 Å². The molecule has 0 amide bonds. The second-order valence-electron chi connectivity index (χ2n) is 4.69. The van der Waals surface area contributed by atoms with Crippen LogP contribution in [-0.2, 0) is 6.54 Å². The fourth-order valence-electron chi connectivity index (χ4n) is 1.86. The minimum atomic E-state index is -0.437. The van der Waals surface area contributed by atoms with Crippen molar-refractivity contribution in [2.75, 3.05) is 0 Å². The number of benzene rings is 1. The second-order valence-corrected chi connectivity index (χ2v) is 4.69. The van der Waals surface area contributed by atoms with Crippen molar-refractivity contribution in [3.63, 3.8) is 0 Å². The van der Waals surface area contributed by atoms with Gasteiger partial charge in [0.05, 0.1) is 5.56 Å². The SMILES string of the molecule is CCCCC(C)NCc1cccc(/C(N)=N/O)c1F. The van der Waals surface area contributed by atoms with Gasteiger partial charge >= 0.3 is 0 Å². The number of oxime groups is 1. The van der Waals surface area contributed by atoms with E-state index in [-0.39, 0.29) is 11.4 Å². The summed E-state index contributed by atoms with van der Waals surface area (Å²) in [5.41, 5.74) is 6.07. The first-order valence-corrected chi connectivity index (χ1v) is 6.58. The third-order valence-corrected chi connectivity index (χ3v) is 3.09. The van der Waals surface area contributed by atoms with E-state index in [1.54, 1.807) is 12.1 Å². The molecule has 0 saturated carbocycles. The van der Waals surface area contributed by atoms with Crippen LogP contribution in [0.15, 0.2) is 23.4 Å². The number of amidine groups is 1. The second kappa shape index (κ2) is 7.74. The van der Waals surface area contributed by atoms with E-state index in [1.165, 1.54) is 6.07 Å². The topological polar surface area (TPSA) is 70.6 Å². The molecule has 0 heterocycles. The summed E-state index contributed by atoms with van der Waals surface area (Å²) in [5.74, 6) is -0.647. The number of hydrogen-bond acceptors (Lipinski definition) is 3. The van der Waals surface area contributed by atoms with Crippen molar-refractivity contribution < 1.29 is 9.60 Å². The molecule has 106 valence electrons. The molecule has 4 N–H and O–H groups in total. The van der Waals surface area contributed by atoms with Crippen LogP contribution in [-0.4, -0.2) is 17.1 Å². The van der Waals surface area contributed by atoms with Crippen LogP contribution >= 0.6 is 0 Å². The Balaban J connectivity index is 2.69. The van der Waals surface area contributed by atoms with Gasteiger partial charge in [0.2, 0.25) is 0 Å². The Morgan fingerprint density at radius 1 is 1.53 bits per heavy atom. The summed E-state index contributed by atoms with van der Waals surface area (Å²) >= 11 is 0.